The van der Waals surface area contributed by atoms with Crippen molar-refractivity contribution in [1.29, 1.82) is 0 Å². The minimum Gasteiger partial charge on any atom is -0.480 e. The molecule has 0 aliphatic carbocycles. The van der Waals surface area contributed by atoms with Gasteiger partial charge >= 0.3 is 5.97 Å². The van der Waals surface area contributed by atoms with Crippen molar-refractivity contribution in [2.75, 3.05) is 6.61 Å². The predicted octanol–water partition coefficient (Wildman–Crippen LogP) is 0.977. The van der Waals surface area contributed by atoms with E-state index in [2.05, 4.69) is 6.92 Å². The van der Waals surface area contributed by atoms with E-state index in [0.717, 1.165) is 19.3 Å². The summed E-state index contributed by atoms with van der Waals surface area (Å²) >= 11 is 0. The van der Waals surface area contributed by atoms with Crippen molar-refractivity contribution in [3.8, 4) is 0 Å². The number of carboxylic acids is 1. The van der Waals surface area contributed by atoms with Gasteiger partial charge < -0.3 is 15.9 Å². The Hall–Kier alpha value is -0.610. The van der Waals surface area contributed by atoms with Gasteiger partial charge in [0.25, 0.3) is 0 Å². The Balaban J connectivity index is 0. The minimum atomic E-state index is -0.910. The second-order valence-corrected chi connectivity index (χ2v) is 2.81. The third-order valence-corrected chi connectivity index (χ3v) is 1.43. The highest BCUT2D eigenvalue weighted by atomic mass is 16.4. The van der Waals surface area contributed by atoms with Crippen molar-refractivity contribution in [2.45, 2.75) is 45.6 Å². The van der Waals surface area contributed by atoms with E-state index in [9.17, 15) is 4.79 Å². The molecule has 0 saturated heterocycles. The lowest BCUT2D eigenvalue weighted by molar-refractivity contribution is -0.138. The van der Waals surface area contributed by atoms with E-state index in [1.807, 2.05) is 6.92 Å². The smallest absolute Gasteiger partial charge is 0.320 e. The van der Waals surface area contributed by atoms with Gasteiger partial charge in [-0.25, -0.2) is 0 Å². The molecule has 0 amide bonds. The molecular weight excluding hydrogens is 170 g/mol. The average molecular weight is 191 g/mol. The molecule has 0 rings (SSSR count). The first kappa shape index (κ1) is 14.9. The van der Waals surface area contributed by atoms with E-state index in [4.69, 9.17) is 15.9 Å². The molecule has 1 atom stereocenters. The number of aliphatic carboxylic acids is 1. The van der Waals surface area contributed by atoms with Crippen LogP contribution in [0.15, 0.2) is 0 Å². The molecule has 4 N–H and O–H groups in total. The molecule has 0 aromatic rings. The number of hydrogen-bond donors (Lipinski definition) is 3. The molecule has 0 bridgehead atoms. The first-order chi connectivity index (χ1) is 6.09. The molecule has 4 heteroatoms. The largest absolute Gasteiger partial charge is 0.480 e. The number of hydrogen-bond acceptors (Lipinski definition) is 3. The lowest BCUT2D eigenvalue weighted by atomic mass is 10.2. The normalized spacial score (nSPS) is 11.4. The second kappa shape index (κ2) is 11.4. The zero-order valence-electron chi connectivity index (χ0n) is 8.49. The Morgan fingerprint density at radius 1 is 1.38 bits per heavy atom. The van der Waals surface area contributed by atoms with Gasteiger partial charge in [-0.05, 0) is 12.8 Å². The topological polar surface area (TPSA) is 83.5 Å². The Morgan fingerprint density at radius 2 is 1.92 bits per heavy atom. The summed E-state index contributed by atoms with van der Waals surface area (Å²) in [5, 5.41) is 16.3. The summed E-state index contributed by atoms with van der Waals surface area (Å²) in [6.07, 6.45) is 3.43. The van der Waals surface area contributed by atoms with Crippen LogP contribution in [-0.2, 0) is 4.79 Å². The zero-order chi connectivity index (χ0) is 10.7. The van der Waals surface area contributed by atoms with Crippen LogP contribution in [0.5, 0.6) is 0 Å². The van der Waals surface area contributed by atoms with Gasteiger partial charge in [0, 0.05) is 6.61 Å². The molecule has 0 aliphatic heterocycles. The highest BCUT2D eigenvalue weighted by Crippen LogP contribution is 1.91. The van der Waals surface area contributed by atoms with Crippen LogP contribution in [0.2, 0.25) is 0 Å². The van der Waals surface area contributed by atoms with Crippen LogP contribution in [-0.4, -0.2) is 28.8 Å². The van der Waals surface area contributed by atoms with Crippen LogP contribution in [0, 0.1) is 0 Å². The molecule has 0 saturated carbocycles. The molecule has 0 spiro atoms. The fraction of sp³-hybridized carbons (Fsp3) is 0.889. The van der Waals surface area contributed by atoms with E-state index in [1.54, 1.807) is 0 Å². The van der Waals surface area contributed by atoms with Gasteiger partial charge in [-0.1, -0.05) is 26.7 Å². The quantitative estimate of drug-likeness (QED) is 0.604. The number of aliphatic hydroxyl groups is 1. The molecule has 0 heterocycles. The van der Waals surface area contributed by atoms with Crippen molar-refractivity contribution in [3.05, 3.63) is 0 Å². The van der Waals surface area contributed by atoms with E-state index < -0.39 is 12.0 Å². The molecule has 0 aliphatic rings. The summed E-state index contributed by atoms with van der Waals surface area (Å²) in [6, 6.07) is -0.667. The first-order valence-electron chi connectivity index (χ1n) is 4.69. The predicted molar refractivity (Wildman–Crippen MR) is 52.5 cm³/mol. The molecule has 4 nitrogen and oxygen atoms in total. The Bertz CT molecular complexity index is 115. The monoisotopic (exact) mass is 191 g/mol. The van der Waals surface area contributed by atoms with Crippen molar-refractivity contribution in [2.24, 2.45) is 5.73 Å². The minimum absolute atomic E-state index is 0.344. The van der Waals surface area contributed by atoms with Gasteiger partial charge in [0.1, 0.15) is 6.04 Å². The Kier molecular flexibility index (Phi) is 13.0. The van der Waals surface area contributed by atoms with Crippen molar-refractivity contribution in [3.63, 3.8) is 0 Å². The maximum absolute atomic E-state index is 9.96. The fourth-order valence-corrected chi connectivity index (χ4v) is 0.593. The fourth-order valence-electron chi connectivity index (χ4n) is 0.593. The molecular formula is C9H21NO3. The van der Waals surface area contributed by atoms with Crippen molar-refractivity contribution < 1.29 is 15.0 Å². The second-order valence-electron chi connectivity index (χ2n) is 2.81. The maximum atomic E-state index is 9.96. The summed E-state index contributed by atoms with van der Waals surface area (Å²) in [5.74, 6) is -0.910. The third-order valence-electron chi connectivity index (χ3n) is 1.43. The molecule has 80 valence electrons. The van der Waals surface area contributed by atoms with Crippen LogP contribution in [0.4, 0.5) is 0 Å². The summed E-state index contributed by atoms with van der Waals surface area (Å²) in [7, 11) is 0. The standard InChI is InChI=1S/C5H11NO2.C4H10O/c1-2-3-4(6)5(7)8;1-2-3-4-5/h4H,2-3,6H2,1H3,(H,7,8);5H,2-4H2,1H3/t4-;/m0./s1. The van der Waals surface area contributed by atoms with E-state index in [0.29, 0.717) is 13.0 Å². The molecule has 0 aromatic carbocycles. The summed E-state index contributed by atoms with van der Waals surface area (Å²) < 4.78 is 0. The summed E-state index contributed by atoms with van der Waals surface area (Å²) in [6.45, 7) is 4.30. The van der Waals surface area contributed by atoms with Crippen molar-refractivity contribution >= 4 is 5.97 Å². The van der Waals surface area contributed by atoms with Gasteiger partial charge in [0.2, 0.25) is 0 Å². The van der Waals surface area contributed by atoms with Gasteiger partial charge in [-0.15, -0.1) is 0 Å². The number of rotatable bonds is 5. The van der Waals surface area contributed by atoms with Gasteiger partial charge in [0.05, 0.1) is 0 Å². The van der Waals surface area contributed by atoms with Crippen LogP contribution in [0.25, 0.3) is 0 Å². The maximum Gasteiger partial charge on any atom is 0.320 e. The number of unbranched alkanes of at least 4 members (excludes halogenated alkanes) is 1. The van der Waals surface area contributed by atoms with Crippen LogP contribution < -0.4 is 5.73 Å². The molecule has 13 heavy (non-hydrogen) atoms. The van der Waals surface area contributed by atoms with E-state index in [-0.39, 0.29) is 0 Å². The highest BCUT2D eigenvalue weighted by Gasteiger charge is 2.07. The highest BCUT2D eigenvalue weighted by molar-refractivity contribution is 5.72. The summed E-state index contributed by atoms with van der Waals surface area (Å²) in [4.78, 5) is 9.96. The van der Waals surface area contributed by atoms with Crippen LogP contribution in [0.3, 0.4) is 0 Å². The SMILES string of the molecule is CCCCO.CCC[C@H](N)C(=O)O. The van der Waals surface area contributed by atoms with Crippen molar-refractivity contribution in [1.82, 2.24) is 0 Å². The third kappa shape index (κ3) is 14.3. The lowest BCUT2D eigenvalue weighted by Gasteiger charge is -2.00. The van der Waals surface area contributed by atoms with E-state index >= 15 is 0 Å². The van der Waals surface area contributed by atoms with Crippen LogP contribution >= 0.6 is 0 Å². The number of carboxylic acid groups (broad SMARTS) is 1. The Morgan fingerprint density at radius 3 is 2.00 bits per heavy atom. The molecule has 0 radical (unpaired) electrons. The summed E-state index contributed by atoms with van der Waals surface area (Å²) in [5.41, 5.74) is 5.13. The molecule has 0 fully saturated rings. The average Bonchev–Trinajstić information content (AvgIpc) is 2.07. The van der Waals surface area contributed by atoms with Gasteiger partial charge in [-0.2, -0.15) is 0 Å². The number of nitrogens with two attached hydrogens (primary N) is 1. The molecule has 0 aromatic heterocycles. The zero-order valence-corrected chi connectivity index (χ0v) is 8.49. The number of carbonyl (C=O) groups is 1. The molecule has 0 unspecified atom stereocenters. The number of aliphatic hydroxyl groups excluding tert-OH is 1. The van der Waals surface area contributed by atoms with Gasteiger partial charge in [-0.3, -0.25) is 4.79 Å². The van der Waals surface area contributed by atoms with E-state index in [1.165, 1.54) is 0 Å². The lowest BCUT2D eigenvalue weighted by Crippen LogP contribution is -2.29. The van der Waals surface area contributed by atoms with Gasteiger partial charge in [0.15, 0.2) is 0 Å². The van der Waals surface area contributed by atoms with Crippen LogP contribution in [0.1, 0.15) is 39.5 Å². The first-order valence-corrected chi connectivity index (χ1v) is 4.69. The Labute approximate surface area is 79.8 Å².